The Balaban J connectivity index is 0.000000123. The van der Waals surface area contributed by atoms with E-state index in [-0.39, 0.29) is 86.8 Å². The maximum atomic E-state index is 15.1. The van der Waals surface area contributed by atoms with E-state index < -0.39 is 74.6 Å². The minimum Gasteiger partial charge on any atom is -0.481 e. The lowest BCUT2D eigenvalue weighted by Crippen LogP contribution is -2.64. The Morgan fingerprint density at radius 1 is 0.437 bits per heavy atom. The zero-order valence-corrected chi connectivity index (χ0v) is 80.9. The van der Waals surface area contributed by atoms with Gasteiger partial charge in [0.05, 0.1) is 22.8 Å². The van der Waals surface area contributed by atoms with E-state index in [1.807, 2.05) is 115 Å². The minimum atomic E-state index is -1.14. The predicted octanol–water partition coefficient (Wildman–Crippen LogP) is 22.4. The lowest BCUT2D eigenvalue weighted by molar-refractivity contribution is -0.184. The second kappa shape index (κ2) is 36.1. The van der Waals surface area contributed by atoms with Gasteiger partial charge in [0.2, 0.25) is 29.5 Å². The Kier molecular flexibility index (Phi) is 25.2. The molecule has 0 radical (unpaired) electrons. The van der Waals surface area contributed by atoms with Gasteiger partial charge in [0, 0.05) is 104 Å². The van der Waals surface area contributed by atoms with Gasteiger partial charge in [-0.3, -0.25) is 33.7 Å². The molecular formula is C105H112Cl6N12O12. The number of carboxylic acids is 1. The molecule has 10 heterocycles. The van der Waals surface area contributed by atoms with Crippen molar-refractivity contribution in [1.82, 2.24) is 40.2 Å². The molecule has 5 aliphatic heterocycles. The van der Waals surface area contributed by atoms with E-state index in [4.69, 9.17) is 88.9 Å². The number of carboxylic acid groups (broad SMARTS) is 1. The maximum Gasteiger partial charge on any atom is 0.434 e. The number of hydrogen-bond donors (Lipinski definition) is 7. The van der Waals surface area contributed by atoms with Crippen LogP contribution in [0.2, 0.25) is 30.5 Å². The Morgan fingerprint density at radius 2 is 0.822 bits per heavy atom. The fourth-order valence-electron chi connectivity index (χ4n) is 27.2. The summed E-state index contributed by atoms with van der Waals surface area (Å²) in [6.07, 6.45) is 23.6. The second-order valence-electron chi connectivity index (χ2n) is 42.4. The number of esters is 1. The third-order valence-corrected chi connectivity index (χ3v) is 35.0. The highest BCUT2D eigenvalue weighted by molar-refractivity contribution is 6.32. The van der Waals surface area contributed by atoms with E-state index in [9.17, 15) is 38.7 Å². The lowest BCUT2D eigenvalue weighted by atomic mass is 9.51. The first kappa shape index (κ1) is 94.1. The number of fused-ring (bicyclic) bond motifs is 11. The molecule has 6 spiro atoms. The number of benzene rings is 5. The summed E-state index contributed by atoms with van der Waals surface area (Å²) in [5.41, 5.74) is 10.7. The van der Waals surface area contributed by atoms with Crippen LogP contribution in [0.4, 0.5) is 17.1 Å². The van der Waals surface area contributed by atoms with Crippen molar-refractivity contribution in [3.63, 3.8) is 0 Å². The standard InChI is InChI=1S/C38H35Cl2N3O3.C34H38Cl2N4O4.C25H26Cl2N2O3.C8H13N3O2/c1-36(2)16-18-37(19-17-36)38(27-14-13-26(39)22-28(27)42-35(38)45)30(25-15-20-41-29(40)21-25)32-34(44)46-33(24-11-7-4-8-12-24)31(43(32)37)23-9-5-3-6-10-23;1-32(2)10-12-33(13-11-32)18-23(26(41)15-19-3-5-20(6-4-19)29-39-40-31(43)44-29)28(21-9-14-37-27(36)16-21)34(33)24-8-7-22(35)17-25(24)38-30(34)42;1-23(2)6-8-24(9-7-23)13-16(21(30)31)20(14-5-10-28-19(27)11-14)25(24)17-4-3-15(26)12-18(17)29-22(25)32;9-6-3-1-5(2-4-6)7-10-11-8(12)13-7/h3-15,20-22,30-33H,16-19H2,1-2H3,(H,42,45);7-9,14,16-17,19-20,23,28H,3-6,10-13,15,18H2,1-2H3,(H,38,42)(H,40,43);3-5,10-12,16,20H,6-9,13H2,1-2H3,(H,29,32)(H,30,31);5-6H,1-4,9H2,(H,11,12)/t30-,31+,32+,33-,38-;19?,20?,23-,28-,34+;16-,20+,25-;/m001./s1. The molecule has 12 aliphatic rings. The van der Waals surface area contributed by atoms with Crippen molar-refractivity contribution in [3.8, 4) is 0 Å². The molecular weight excluding hydrogens is 1830 g/mol. The number of ketones is 1. The van der Waals surface area contributed by atoms with Crippen LogP contribution in [-0.4, -0.2) is 98.4 Å². The SMILES string of the molecule is CC1(C)CCC2(CC1)C[C@@H](C(=O)CC1CCC(c3n[nH]c(=O)o3)CC1)[C@H](c1ccnc(Cl)c1)[C@]21C(=O)Nc2cc(Cl)ccc21.CC1(C)CCC2(CC1)C[C@@H](C(=O)O)[C@H](c1ccnc(Cl)c1)[C@]21C(=O)Nc2cc(Cl)ccc21.CC1(C)CCC2(CC1)N1[C@H](c3ccccc3)[C@H](c3ccccc3)OC(=O)[C@H]1[C@H](c1ccnc(Cl)c1)[C@@]21C(=O)Nc2cc(Cl)ccc21.NC1CCC(c2n[nH]c(=O)o2)CC1. The molecule has 11 atom stereocenters. The van der Waals surface area contributed by atoms with Crippen LogP contribution in [0.15, 0.2) is 189 Å². The van der Waals surface area contributed by atoms with Crippen LogP contribution in [0.1, 0.15) is 287 Å². The number of rotatable bonds is 11. The molecule has 24 nitrogen and oxygen atoms in total. The van der Waals surface area contributed by atoms with Crippen LogP contribution < -0.4 is 33.2 Å². The van der Waals surface area contributed by atoms with Crippen molar-refractivity contribution >= 4 is 122 Å². The highest BCUT2D eigenvalue weighted by Gasteiger charge is 2.80. The van der Waals surface area contributed by atoms with Crippen LogP contribution >= 0.6 is 69.6 Å². The lowest BCUT2D eigenvalue weighted by Gasteiger charge is -2.57. The number of anilines is 3. The summed E-state index contributed by atoms with van der Waals surface area (Å²) < 4.78 is 16.7. The molecule has 10 aromatic rings. The van der Waals surface area contributed by atoms with Gasteiger partial charge in [-0.1, -0.05) is 190 Å². The number of halogens is 6. The number of morpholine rings is 1. The minimum absolute atomic E-state index is 0.0382. The molecule has 7 aliphatic carbocycles. The molecule has 3 amide bonds. The second-order valence-corrected chi connectivity index (χ2v) is 44.9. The first-order chi connectivity index (χ1) is 64.5. The number of amides is 3. The van der Waals surface area contributed by atoms with E-state index in [0.717, 1.165) is 179 Å². The van der Waals surface area contributed by atoms with E-state index in [1.165, 1.54) is 0 Å². The first-order valence-corrected chi connectivity index (χ1v) is 49.7. The van der Waals surface area contributed by atoms with Crippen LogP contribution in [-0.2, 0) is 49.7 Å². The average Bonchev–Trinajstić information content (AvgIpc) is 1.48. The molecule has 22 rings (SSSR count). The number of nitrogens with zero attached hydrogens (tertiary/aromatic N) is 6. The van der Waals surface area contributed by atoms with Crippen molar-refractivity contribution < 1.29 is 47.4 Å². The Bertz CT molecular complexity index is 6360. The van der Waals surface area contributed by atoms with Gasteiger partial charge in [-0.05, 0) is 292 Å². The highest BCUT2D eigenvalue weighted by Crippen LogP contribution is 2.76. The number of nitrogens with one attached hydrogen (secondary N) is 5. The molecule has 30 heteroatoms. The smallest absolute Gasteiger partial charge is 0.434 e. The van der Waals surface area contributed by atoms with Gasteiger partial charge >= 0.3 is 23.5 Å². The van der Waals surface area contributed by atoms with Gasteiger partial charge in [-0.25, -0.2) is 34.7 Å². The quantitative estimate of drug-likeness (QED) is 0.0467. The third-order valence-electron chi connectivity index (χ3n) is 33.6. The van der Waals surface area contributed by atoms with E-state index in [2.05, 4.69) is 110 Å². The molecule has 2 saturated heterocycles. The van der Waals surface area contributed by atoms with Crippen molar-refractivity contribution in [2.24, 2.45) is 50.6 Å². The maximum absolute atomic E-state index is 15.1. The molecule has 5 aromatic carbocycles. The molecule has 135 heavy (non-hydrogen) atoms. The van der Waals surface area contributed by atoms with Crippen molar-refractivity contribution in [2.45, 2.75) is 265 Å². The molecule has 0 unspecified atom stereocenters. The average molecular weight is 1950 g/mol. The van der Waals surface area contributed by atoms with Crippen molar-refractivity contribution in [3.05, 3.63) is 278 Å². The Morgan fingerprint density at radius 3 is 1.24 bits per heavy atom. The zero-order chi connectivity index (χ0) is 94.8. The van der Waals surface area contributed by atoms with Crippen LogP contribution in [0.5, 0.6) is 0 Å². The molecule has 7 saturated carbocycles. The van der Waals surface area contributed by atoms with Crippen LogP contribution in [0.3, 0.4) is 0 Å². The number of aromatic nitrogens is 7. The van der Waals surface area contributed by atoms with Gasteiger partial charge in [-0.2, -0.15) is 0 Å². The van der Waals surface area contributed by atoms with Gasteiger partial charge in [0.15, 0.2) is 0 Å². The summed E-state index contributed by atoms with van der Waals surface area (Å²) in [4.78, 5) is 123. The molecule has 8 N–H and O–H groups in total. The van der Waals surface area contributed by atoms with Gasteiger partial charge < -0.3 is 40.4 Å². The first-order valence-electron chi connectivity index (χ1n) is 47.4. The summed E-state index contributed by atoms with van der Waals surface area (Å²) in [6, 6.07) is 47.4. The summed E-state index contributed by atoms with van der Waals surface area (Å²) >= 11 is 38.5. The van der Waals surface area contributed by atoms with Crippen molar-refractivity contribution in [2.75, 3.05) is 16.0 Å². The van der Waals surface area contributed by atoms with Gasteiger partial charge in [0.1, 0.15) is 38.8 Å². The summed E-state index contributed by atoms with van der Waals surface area (Å²) in [5.74, 6) is -3.28. The van der Waals surface area contributed by atoms with Gasteiger partial charge in [-0.15, -0.1) is 10.2 Å². The number of H-pyrrole nitrogens is 2. The number of hydrogen-bond acceptors (Lipinski definition) is 18. The largest absolute Gasteiger partial charge is 0.481 e. The van der Waals surface area contributed by atoms with E-state index in [1.54, 1.807) is 42.9 Å². The van der Waals surface area contributed by atoms with E-state index >= 15 is 4.79 Å². The van der Waals surface area contributed by atoms with Crippen molar-refractivity contribution in [1.29, 1.82) is 0 Å². The topological polar surface area (TPSA) is 354 Å². The van der Waals surface area contributed by atoms with Gasteiger partial charge in [0.25, 0.3) is 0 Å². The number of pyridine rings is 3. The number of cyclic esters (lactones) is 1. The summed E-state index contributed by atoms with van der Waals surface area (Å²) in [5, 5.41) is 35.0. The number of carbonyl (C=O) groups excluding carboxylic acids is 5. The van der Waals surface area contributed by atoms with Crippen LogP contribution in [0, 0.1) is 44.8 Å². The fraction of sp³-hybridized carbons (Fsp3) is 0.476. The number of aliphatic carboxylic acids is 1. The Hall–Kier alpha value is -9.89. The monoisotopic (exact) mass is 1940 g/mol. The number of nitrogens with two attached hydrogens (primary N) is 1. The van der Waals surface area contributed by atoms with Crippen LogP contribution in [0.25, 0.3) is 0 Å². The Labute approximate surface area is 813 Å². The summed E-state index contributed by atoms with van der Waals surface area (Å²) in [7, 11) is 0. The predicted molar refractivity (Wildman–Crippen MR) is 517 cm³/mol. The number of aromatic amines is 2. The van der Waals surface area contributed by atoms with E-state index in [0.29, 0.717) is 79.0 Å². The molecule has 0 bridgehead atoms. The summed E-state index contributed by atoms with van der Waals surface area (Å²) in [6.45, 7) is 13.7. The molecule has 706 valence electrons. The number of carbonyl (C=O) groups is 6. The zero-order valence-electron chi connectivity index (χ0n) is 76.3. The normalized spacial score (nSPS) is 29.8. The number of Topliss-reactive ketones (excluding diaryl/α,β-unsaturated/α-hetero) is 1. The molecule has 9 fully saturated rings. The highest BCUT2D eigenvalue weighted by atomic mass is 35.5. The fourth-order valence-corrected chi connectivity index (χ4v) is 28.2. The molecule has 5 aromatic heterocycles. The number of ether oxygens (including phenoxy) is 1. The third kappa shape index (κ3) is 16.4.